The van der Waals surface area contributed by atoms with Crippen LogP contribution in [-0.4, -0.2) is 36.0 Å². The zero-order chi connectivity index (χ0) is 12.7. The molecule has 6 heteroatoms. The molecule has 0 aromatic carbocycles. The Hall–Kier alpha value is -1.59. The number of carbonyl (C=O) groups is 3. The minimum atomic E-state index is -0.929. The molecule has 1 fully saturated rings. The van der Waals surface area contributed by atoms with Gasteiger partial charge in [0, 0.05) is 25.4 Å². The van der Waals surface area contributed by atoms with Crippen LogP contribution in [0.4, 0.5) is 0 Å². The van der Waals surface area contributed by atoms with Gasteiger partial charge in [-0.2, -0.15) is 0 Å². The van der Waals surface area contributed by atoms with Crippen LogP contribution in [0.15, 0.2) is 0 Å². The van der Waals surface area contributed by atoms with Crippen LogP contribution >= 0.6 is 0 Å². The van der Waals surface area contributed by atoms with Crippen molar-refractivity contribution in [3.8, 4) is 0 Å². The van der Waals surface area contributed by atoms with E-state index < -0.39 is 5.97 Å². The predicted molar refractivity (Wildman–Crippen MR) is 60.2 cm³/mol. The van der Waals surface area contributed by atoms with Crippen LogP contribution in [0.5, 0.6) is 0 Å². The molecule has 0 atom stereocenters. The second-order valence-electron chi connectivity index (χ2n) is 4.16. The molecule has 0 aromatic heterocycles. The first-order valence-corrected chi connectivity index (χ1v) is 5.86. The average molecular weight is 242 g/mol. The molecule has 96 valence electrons. The minimum Gasteiger partial charge on any atom is -0.481 e. The van der Waals surface area contributed by atoms with Crippen molar-refractivity contribution >= 4 is 17.8 Å². The summed E-state index contributed by atoms with van der Waals surface area (Å²) in [5, 5.41) is 13.6. The zero-order valence-electron chi connectivity index (χ0n) is 9.70. The highest BCUT2D eigenvalue weighted by atomic mass is 16.4. The monoisotopic (exact) mass is 242 g/mol. The van der Waals surface area contributed by atoms with Crippen LogP contribution in [0.3, 0.4) is 0 Å². The van der Waals surface area contributed by atoms with Crippen molar-refractivity contribution in [2.24, 2.45) is 5.92 Å². The van der Waals surface area contributed by atoms with Crippen LogP contribution < -0.4 is 10.6 Å². The maximum atomic E-state index is 11.2. The lowest BCUT2D eigenvalue weighted by atomic mass is 10.2. The molecule has 17 heavy (non-hydrogen) atoms. The number of nitrogens with one attached hydrogen (secondary N) is 2. The van der Waals surface area contributed by atoms with Crippen LogP contribution in [0.2, 0.25) is 0 Å². The van der Waals surface area contributed by atoms with Gasteiger partial charge in [-0.1, -0.05) is 0 Å². The molecule has 1 rings (SSSR count). The van der Waals surface area contributed by atoms with Crippen LogP contribution in [-0.2, 0) is 14.4 Å². The number of aliphatic carboxylic acids is 1. The average Bonchev–Trinajstić information content (AvgIpc) is 3.07. The van der Waals surface area contributed by atoms with Gasteiger partial charge in [0.25, 0.3) is 0 Å². The number of carboxylic acid groups (broad SMARTS) is 1. The first kappa shape index (κ1) is 13.5. The number of carboxylic acids is 1. The Bertz CT molecular complexity index is 300. The molecular weight excluding hydrogens is 224 g/mol. The Kier molecular flexibility index (Phi) is 5.45. The minimum absolute atomic E-state index is 0.0653. The van der Waals surface area contributed by atoms with Crippen molar-refractivity contribution in [1.29, 1.82) is 0 Å². The van der Waals surface area contributed by atoms with Gasteiger partial charge >= 0.3 is 5.97 Å². The number of rotatable bonds is 8. The number of hydrogen-bond acceptors (Lipinski definition) is 3. The smallest absolute Gasteiger partial charge is 0.305 e. The second-order valence-corrected chi connectivity index (χ2v) is 4.16. The molecule has 6 nitrogen and oxygen atoms in total. The molecule has 2 amide bonds. The van der Waals surface area contributed by atoms with Gasteiger partial charge in [0.1, 0.15) is 0 Å². The lowest BCUT2D eigenvalue weighted by Crippen LogP contribution is -2.29. The van der Waals surface area contributed by atoms with Crippen molar-refractivity contribution < 1.29 is 19.5 Å². The van der Waals surface area contributed by atoms with Crippen molar-refractivity contribution in [2.75, 3.05) is 13.1 Å². The molecule has 1 saturated carbocycles. The molecule has 0 aromatic rings. The lowest BCUT2D eigenvalue weighted by Gasteiger charge is -2.05. The van der Waals surface area contributed by atoms with E-state index in [2.05, 4.69) is 10.6 Å². The van der Waals surface area contributed by atoms with E-state index in [9.17, 15) is 14.4 Å². The summed E-state index contributed by atoms with van der Waals surface area (Å²) >= 11 is 0. The molecule has 0 aliphatic heterocycles. The SMILES string of the molecule is O=C(O)CCNC(=O)CCCNC(=O)C1CC1. The zero-order valence-corrected chi connectivity index (χ0v) is 9.70. The van der Waals surface area contributed by atoms with E-state index in [1.807, 2.05) is 0 Å². The Balaban J connectivity index is 1.92. The summed E-state index contributed by atoms with van der Waals surface area (Å²) in [5.41, 5.74) is 0. The van der Waals surface area contributed by atoms with Gasteiger partial charge < -0.3 is 15.7 Å². The Morgan fingerprint density at radius 3 is 2.35 bits per heavy atom. The highest BCUT2D eigenvalue weighted by molar-refractivity contribution is 5.81. The van der Waals surface area contributed by atoms with Gasteiger partial charge in [0.2, 0.25) is 11.8 Å². The topological polar surface area (TPSA) is 95.5 Å². The van der Waals surface area contributed by atoms with Gasteiger partial charge in [-0.25, -0.2) is 0 Å². The summed E-state index contributed by atoms with van der Waals surface area (Å²) in [6, 6.07) is 0. The van der Waals surface area contributed by atoms with E-state index in [0.717, 1.165) is 12.8 Å². The van der Waals surface area contributed by atoms with Gasteiger partial charge in [0.15, 0.2) is 0 Å². The molecule has 0 spiro atoms. The summed E-state index contributed by atoms with van der Waals surface area (Å²) in [4.78, 5) is 32.6. The summed E-state index contributed by atoms with van der Waals surface area (Å²) in [5.74, 6) is -0.829. The van der Waals surface area contributed by atoms with E-state index in [1.54, 1.807) is 0 Å². The molecule has 0 radical (unpaired) electrons. The maximum Gasteiger partial charge on any atom is 0.305 e. The summed E-state index contributed by atoms with van der Waals surface area (Å²) in [6.07, 6.45) is 2.77. The molecule has 0 bridgehead atoms. The number of carbonyl (C=O) groups excluding carboxylic acids is 2. The molecule has 0 saturated heterocycles. The van der Waals surface area contributed by atoms with Crippen molar-refractivity contribution in [3.05, 3.63) is 0 Å². The van der Waals surface area contributed by atoms with E-state index >= 15 is 0 Å². The van der Waals surface area contributed by atoms with Crippen molar-refractivity contribution in [2.45, 2.75) is 32.1 Å². The van der Waals surface area contributed by atoms with Gasteiger partial charge in [-0.05, 0) is 19.3 Å². The Morgan fingerprint density at radius 2 is 1.76 bits per heavy atom. The first-order chi connectivity index (χ1) is 8.09. The fourth-order valence-corrected chi connectivity index (χ4v) is 1.35. The normalized spacial score (nSPS) is 14.1. The predicted octanol–water partition coefficient (Wildman–Crippen LogP) is -0.116. The molecule has 0 unspecified atom stereocenters. The fraction of sp³-hybridized carbons (Fsp3) is 0.727. The standard InChI is InChI=1S/C11H18N2O4/c14-9(12-7-5-10(15)16)2-1-6-13-11(17)8-3-4-8/h8H,1-7H2,(H,12,14)(H,13,17)(H,15,16). The highest BCUT2D eigenvalue weighted by Crippen LogP contribution is 2.28. The van der Waals surface area contributed by atoms with Crippen LogP contribution in [0.1, 0.15) is 32.1 Å². The Morgan fingerprint density at radius 1 is 1.06 bits per heavy atom. The fourth-order valence-electron chi connectivity index (χ4n) is 1.35. The van der Waals surface area contributed by atoms with E-state index in [4.69, 9.17) is 5.11 Å². The van der Waals surface area contributed by atoms with Crippen molar-refractivity contribution in [1.82, 2.24) is 10.6 Å². The molecule has 1 aliphatic carbocycles. The van der Waals surface area contributed by atoms with E-state index in [-0.39, 0.29) is 30.7 Å². The van der Waals surface area contributed by atoms with Crippen LogP contribution in [0.25, 0.3) is 0 Å². The third kappa shape index (κ3) is 6.55. The number of amides is 2. The van der Waals surface area contributed by atoms with Gasteiger partial charge in [0.05, 0.1) is 6.42 Å². The van der Waals surface area contributed by atoms with Crippen LogP contribution in [0, 0.1) is 5.92 Å². The molecule has 3 N–H and O–H groups in total. The lowest BCUT2D eigenvalue weighted by molar-refractivity contribution is -0.137. The number of hydrogen-bond donors (Lipinski definition) is 3. The largest absolute Gasteiger partial charge is 0.481 e. The van der Waals surface area contributed by atoms with E-state index in [1.165, 1.54) is 0 Å². The third-order valence-corrected chi connectivity index (χ3v) is 2.49. The van der Waals surface area contributed by atoms with Gasteiger partial charge in [-0.15, -0.1) is 0 Å². The summed E-state index contributed by atoms with van der Waals surface area (Å²) in [6.45, 7) is 0.657. The first-order valence-electron chi connectivity index (χ1n) is 5.86. The third-order valence-electron chi connectivity index (χ3n) is 2.49. The second kappa shape index (κ2) is 6.88. The molecule has 1 aliphatic rings. The molecule has 0 heterocycles. The van der Waals surface area contributed by atoms with Gasteiger partial charge in [-0.3, -0.25) is 14.4 Å². The summed E-state index contributed by atoms with van der Waals surface area (Å²) in [7, 11) is 0. The maximum absolute atomic E-state index is 11.2. The Labute approximate surface area is 99.8 Å². The quantitative estimate of drug-likeness (QED) is 0.517. The van der Waals surface area contributed by atoms with E-state index in [0.29, 0.717) is 19.4 Å². The highest BCUT2D eigenvalue weighted by Gasteiger charge is 2.28. The van der Waals surface area contributed by atoms with Crippen molar-refractivity contribution in [3.63, 3.8) is 0 Å². The summed E-state index contributed by atoms with van der Waals surface area (Å²) < 4.78 is 0. The molecular formula is C11H18N2O4.